The van der Waals surface area contributed by atoms with Crippen molar-refractivity contribution in [3.05, 3.63) is 40.6 Å². The van der Waals surface area contributed by atoms with Gasteiger partial charge in [0.1, 0.15) is 0 Å². The van der Waals surface area contributed by atoms with Gasteiger partial charge in [-0.2, -0.15) is 0 Å². The van der Waals surface area contributed by atoms with Gasteiger partial charge in [-0.25, -0.2) is 0 Å². The fourth-order valence-electron chi connectivity index (χ4n) is 2.60. The molecule has 1 aromatic heterocycles. The summed E-state index contributed by atoms with van der Waals surface area (Å²) in [6, 6.07) is 10.1. The van der Waals surface area contributed by atoms with Crippen molar-refractivity contribution in [1.82, 2.24) is 4.90 Å². The first kappa shape index (κ1) is 17.6. The predicted octanol–water partition coefficient (Wildman–Crippen LogP) is 2.94. The van der Waals surface area contributed by atoms with Crippen LogP contribution in [0.1, 0.15) is 17.3 Å². The number of hydrogen-bond acceptors (Lipinski definition) is 5. The summed E-state index contributed by atoms with van der Waals surface area (Å²) in [5.74, 6) is 1.89. The third-order valence-corrected chi connectivity index (χ3v) is 4.92. The van der Waals surface area contributed by atoms with Crippen LogP contribution >= 0.6 is 11.3 Å². The minimum absolute atomic E-state index is 0.212. The van der Waals surface area contributed by atoms with Gasteiger partial charge in [0.15, 0.2) is 17.5 Å². The molecule has 1 aromatic carbocycles. The predicted molar refractivity (Wildman–Crippen MR) is 103 cm³/mol. The number of aliphatic imine (C=N–C) groups is 1. The third-order valence-electron chi connectivity index (χ3n) is 3.95. The molecular weight excluding hydrogens is 336 g/mol. The fraction of sp³-hybridized carbons (Fsp3) is 0.389. The summed E-state index contributed by atoms with van der Waals surface area (Å²) in [5, 5.41) is 5.21. The number of benzene rings is 1. The van der Waals surface area contributed by atoms with Gasteiger partial charge in [-0.1, -0.05) is 6.07 Å². The number of anilines is 1. The maximum atomic E-state index is 6.07. The topological polar surface area (TPSA) is 72.1 Å². The summed E-state index contributed by atoms with van der Waals surface area (Å²) >= 11 is 1.73. The van der Waals surface area contributed by atoms with Crippen LogP contribution in [-0.4, -0.2) is 44.7 Å². The maximum Gasteiger partial charge on any atom is 0.193 e. The lowest BCUT2D eigenvalue weighted by Crippen LogP contribution is -2.26. The van der Waals surface area contributed by atoms with E-state index in [1.165, 1.54) is 4.88 Å². The minimum atomic E-state index is 0.212. The summed E-state index contributed by atoms with van der Waals surface area (Å²) < 4.78 is 11.3. The van der Waals surface area contributed by atoms with Crippen LogP contribution < -0.4 is 20.5 Å². The molecular formula is C18H24N4O2S. The number of nitrogens with zero attached hydrogens (tertiary/aromatic N) is 2. The Balaban J connectivity index is 1.66. The molecule has 25 heavy (non-hydrogen) atoms. The van der Waals surface area contributed by atoms with Crippen molar-refractivity contribution >= 4 is 23.0 Å². The molecule has 1 unspecified atom stereocenters. The number of rotatable bonds is 5. The summed E-state index contributed by atoms with van der Waals surface area (Å²) in [4.78, 5) is 7.93. The molecule has 0 aliphatic carbocycles. The van der Waals surface area contributed by atoms with Gasteiger partial charge < -0.3 is 25.4 Å². The molecule has 0 spiro atoms. The number of nitrogens with one attached hydrogen (secondary N) is 1. The van der Waals surface area contributed by atoms with E-state index in [4.69, 9.17) is 15.2 Å². The van der Waals surface area contributed by atoms with Crippen LogP contribution in [0.4, 0.5) is 5.69 Å². The number of likely N-dealkylation sites (N-methyl/N-ethyl adjacent to an activating group) is 1. The quantitative estimate of drug-likeness (QED) is 0.634. The van der Waals surface area contributed by atoms with E-state index in [1.807, 2.05) is 32.3 Å². The van der Waals surface area contributed by atoms with Crippen molar-refractivity contribution in [2.45, 2.75) is 12.5 Å². The second-order valence-corrected chi connectivity index (χ2v) is 7.04. The van der Waals surface area contributed by atoms with Crippen LogP contribution in [0.5, 0.6) is 11.5 Å². The number of ether oxygens (including phenoxy) is 2. The van der Waals surface area contributed by atoms with Crippen molar-refractivity contribution in [2.75, 3.05) is 39.2 Å². The Morgan fingerprint density at radius 1 is 1.28 bits per heavy atom. The SMILES string of the molecule is CN(C)C(CN=C(N)Nc1ccc2c(c1)OCCCO2)c1cccs1. The first-order valence-corrected chi connectivity index (χ1v) is 9.18. The van der Waals surface area contributed by atoms with Crippen molar-refractivity contribution in [3.8, 4) is 11.5 Å². The molecule has 2 heterocycles. The van der Waals surface area contributed by atoms with Crippen LogP contribution in [0.2, 0.25) is 0 Å². The average molecular weight is 360 g/mol. The molecule has 3 rings (SSSR count). The second kappa shape index (κ2) is 8.22. The zero-order chi connectivity index (χ0) is 17.6. The Labute approximate surface area is 152 Å². The van der Waals surface area contributed by atoms with E-state index in [0.29, 0.717) is 25.7 Å². The van der Waals surface area contributed by atoms with Gasteiger partial charge in [0.25, 0.3) is 0 Å². The fourth-order valence-corrected chi connectivity index (χ4v) is 3.52. The monoisotopic (exact) mass is 360 g/mol. The molecule has 0 fully saturated rings. The Morgan fingerprint density at radius 2 is 2.08 bits per heavy atom. The molecule has 0 saturated carbocycles. The number of hydrogen-bond donors (Lipinski definition) is 2. The van der Waals surface area contributed by atoms with Crippen LogP contribution in [-0.2, 0) is 0 Å². The average Bonchev–Trinajstić information content (AvgIpc) is 3.00. The highest BCUT2D eigenvalue weighted by Gasteiger charge is 2.15. The molecule has 1 atom stereocenters. The Hall–Kier alpha value is -2.25. The Bertz CT molecular complexity index is 716. The van der Waals surface area contributed by atoms with Crippen LogP contribution in [0.15, 0.2) is 40.7 Å². The van der Waals surface area contributed by atoms with Gasteiger partial charge in [0.05, 0.1) is 25.8 Å². The zero-order valence-corrected chi connectivity index (χ0v) is 15.4. The van der Waals surface area contributed by atoms with Gasteiger partial charge in [-0.3, -0.25) is 4.99 Å². The lowest BCUT2D eigenvalue weighted by molar-refractivity contribution is 0.297. The van der Waals surface area contributed by atoms with Crippen LogP contribution in [0.3, 0.4) is 0 Å². The maximum absolute atomic E-state index is 6.07. The van der Waals surface area contributed by atoms with Gasteiger partial charge in [-0.05, 0) is 37.7 Å². The van der Waals surface area contributed by atoms with E-state index in [-0.39, 0.29) is 6.04 Å². The molecule has 1 aliphatic rings. The molecule has 1 aliphatic heterocycles. The lowest BCUT2D eigenvalue weighted by atomic mass is 10.2. The molecule has 7 heteroatoms. The molecule has 134 valence electrons. The van der Waals surface area contributed by atoms with Crippen molar-refractivity contribution < 1.29 is 9.47 Å². The summed E-state index contributed by atoms with van der Waals surface area (Å²) in [6.07, 6.45) is 0.885. The number of nitrogens with two attached hydrogens (primary N) is 1. The van der Waals surface area contributed by atoms with Crippen molar-refractivity contribution in [1.29, 1.82) is 0 Å². The molecule has 6 nitrogen and oxygen atoms in total. The number of thiophene rings is 1. The molecule has 0 saturated heterocycles. The van der Waals surface area contributed by atoms with Crippen LogP contribution in [0.25, 0.3) is 0 Å². The molecule has 2 aromatic rings. The minimum Gasteiger partial charge on any atom is -0.490 e. The highest BCUT2D eigenvalue weighted by atomic mass is 32.1. The zero-order valence-electron chi connectivity index (χ0n) is 14.6. The number of guanidine groups is 1. The van der Waals surface area contributed by atoms with Gasteiger partial charge in [0.2, 0.25) is 0 Å². The summed E-state index contributed by atoms with van der Waals surface area (Å²) in [7, 11) is 4.10. The summed E-state index contributed by atoms with van der Waals surface area (Å²) in [6.45, 7) is 1.93. The number of fused-ring (bicyclic) bond motifs is 1. The van der Waals surface area contributed by atoms with E-state index >= 15 is 0 Å². The Morgan fingerprint density at radius 3 is 2.80 bits per heavy atom. The first-order chi connectivity index (χ1) is 12.1. The Kier molecular flexibility index (Phi) is 5.78. The molecule has 0 amide bonds. The smallest absolute Gasteiger partial charge is 0.193 e. The van der Waals surface area contributed by atoms with E-state index in [1.54, 1.807) is 11.3 Å². The summed E-state index contributed by atoms with van der Waals surface area (Å²) in [5.41, 5.74) is 6.90. The van der Waals surface area contributed by atoms with Gasteiger partial charge in [-0.15, -0.1) is 11.3 Å². The van der Waals surface area contributed by atoms with Gasteiger partial charge >= 0.3 is 0 Å². The van der Waals surface area contributed by atoms with E-state index in [0.717, 1.165) is 23.6 Å². The van der Waals surface area contributed by atoms with Gasteiger partial charge in [0, 0.05) is 23.1 Å². The highest BCUT2D eigenvalue weighted by molar-refractivity contribution is 7.10. The third kappa shape index (κ3) is 4.64. The standard InChI is InChI=1S/C18H24N4O2S/c1-22(2)14(17-5-3-10-25-17)12-20-18(19)21-13-6-7-15-16(11-13)24-9-4-8-23-15/h3,5-7,10-11,14H,4,8-9,12H2,1-2H3,(H3,19,20,21). The lowest BCUT2D eigenvalue weighted by Gasteiger charge is -2.21. The first-order valence-electron chi connectivity index (χ1n) is 8.30. The normalized spacial score (nSPS) is 15.7. The molecule has 0 radical (unpaired) electrons. The van der Waals surface area contributed by atoms with Crippen molar-refractivity contribution in [3.63, 3.8) is 0 Å². The van der Waals surface area contributed by atoms with E-state index < -0.39 is 0 Å². The largest absolute Gasteiger partial charge is 0.490 e. The van der Waals surface area contributed by atoms with Crippen LogP contribution in [0, 0.1) is 0 Å². The van der Waals surface area contributed by atoms with E-state index in [9.17, 15) is 0 Å². The molecule has 3 N–H and O–H groups in total. The molecule has 0 bridgehead atoms. The second-order valence-electron chi connectivity index (χ2n) is 6.06. The van der Waals surface area contributed by atoms with Crippen molar-refractivity contribution in [2.24, 2.45) is 10.7 Å². The highest BCUT2D eigenvalue weighted by Crippen LogP contribution is 2.32. The van der Waals surface area contributed by atoms with E-state index in [2.05, 4.69) is 32.7 Å².